The van der Waals surface area contributed by atoms with E-state index in [4.69, 9.17) is 0 Å². The molecule has 0 fully saturated rings. The van der Waals surface area contributed by atoms with Crippen LogP contribution in [0.4, 0.5) is 0 Å². The molecule has 3 nitrogen and oxygen atoms in total. The van der Waals surface area contributed by atoms with Crippen LogP contribution in [0, 0.1) is 0 Å². The summed E-state index contributed by atoms with van der Waals surface area (Å²) < 4.78 is 32.9. The Balaban J connectivity index is 1.97. The lowest BCUT2D eigenvalue weighted by Gasteiger charge is -2.10. The first-order valence-corrected chi connectivity index (χ1v) is 10.5. The highest BCUT2D eigenvalue weighted by Gasteiger charge is 2.16. The van der Waals surface area contributed by atoms with Gasteiger partial charge in [0.25, 0.3) is 10.1 Å². The number of unbranched alkanes of at least 4 members (excludes halogenated alkanes) is 7. The van der Waals surface area contributed by atoms with Crippen molar-refractivity contribution in [3.8, 4) is 0 Å². The first-order valence-electron chi connectivity index (χ1n) is 9.01. The van der Waals surface area contributed by atoms with E-state index in [1.807, 2.05) is 30.3 Å². The predicted octanol–water partition coefficient (Wildman–Crippen LogP) is 5.77. The van der Waals surface area contributed by atoms with Crippen LogP contribution in [-0.4, -0.2) is 13.0 Å². The standard InChI is InChI=1S/C20H28O3S/c1-2-3-4-5-6-7-8-9-14-19-15-17-12-10-11-13-18(17)16-20(19)24(21,22)23/h10-13,15-16H,2-9,14H2,1H3,(H,21,22,23). The van der Waals surface area contributed by atoms with Crippen molar-refractivity contribution in [1.82, 2.24) is 0 Å². The molecule has 0 saturated carbocycles. The van der Waals surface area contributed by atoms with Crippen molar-refractivity contribution >= 4 is 20.9 Å². The van der Waals surface area contributed by atoms with E-state index in [2.05, 4.69) is 6.92 Å². The zero-order chi connectivity index (χ0) is 17.4. The minimum atomic E-state index is -4.18. The van der Waals surface area contributed by atoms with Crippen LogP contribution in [0.1, 0.15) is 63.9 Å². The molecule has 1 N–H and O–H groups in total. The van der Waals surface area contributed by atoms with Crippen molar-refractivity contribution in [2.45, 2.75) is 69.6 Å². The number of aryl methyl sites for hydroxylation is 1. The highest BCUT2D eigenvalue weighted by molar-refractivity contribution is 7.85. The summed E-state index contributed by atoms with van der Waals surface area (Å²) in [6.07, 6.45) is 10.4. The van der Waals surface area contributed by atoms with Gasteiger partial charge in [0, 0.05) is 0 Å². The van der Waals surface area contributed by atoms with Crippen LogP contribution in [0.3, 0.4) is 0 Å². The van der Waals surface area contributed by atoms with Gasteiger partial charge in [0.2, 0.25) is 0 Å². The van der Waals surface area contributed by atoms with Gasteiger partial charge >= 0.3 is 0 Å². The molecule has 0 aliphatic rings. The molecule has 0 aliphatic carbocycles. The van der Waals surface area contributed by atoms with Gasteiger partial charge in [0.15, 0.2) is 0 Å². The molecule has 0 unspecified atom stereocenters. The van der Waals surface area contributed by atoms with Crippen LogP contribution in [0.15, 0.2) is 41.3 Å². The Labute approximate surface area is 145 Å². The molecule has 0 aromatic heterocycles. The van der Waals surface area contributed by atoms with E-state index in [9.17, 15) is 13.0 Å². The van der Waals surface area contributed by atoms with Crippen molar-refractivity contribution in [1.29, 1.82) is 0 Å². The van der Waals surface area contributed by atoms with Gasteiger partial charge in [-0.15, -0.1) is 0 Å². The topological polar surface area (TPSA) is 54.4 Å². The SMILES string of the molecule is CCCCCCCCCCc1cc2ccccc2cc1S(=O)(=O)O. The summed E-state index contributed by atoms with van der Waals surface area (Å²) in [4.78, 5) is 0.0594. The van der Waals surface area contributed by atoms with E-state index >= 15 is 0 Å². The summed E-state index contributed by atoms with van der Waals surface area (Å²) in [5, 5.41) is 1.85. The lowest BCUT2D eigenvalue weighted by molar-refractivity contribution is 0.481. The third kappa shape index (κ3) is 5.60. The molecule has 0 amide bonds. The Bertz CT molecular complexity index is 751. The van der Waals surface area contributed by atoms with Gasteiger partial charge in [-0.1, -0.05) is 76.1 Å². The zero-order valence-corrected chi connectivity index (χ0v) is 15.3. The van der Waals surface area contributed by atoms with E-state index in [1.165, 1.54) is 38.5 Å². The van der Waals surface area contributed by atoms with E-state index in [1.54, 1.807) is 6.07 Å². The molecule has 2 rings (SSSR count). The van der Waals surface area contributed by atoms with Crippen LogP contribution in [0.25, 0.3) is 10.8 Å². The van der Waals surface area contributed by atoms with E-state index in [-0.39, 0.29) is 4.90 Å². The Morgan fingerprint density at radius 3 is 1.96 bits per heavy atom. The fourth-order valence-electron chi connectivity index (χ4n) is 3.15. The van der Waals surface area contributed by atoms with Crippen LogP contribution >= 0.6 is 0 Å². The maximum atomic E-state index is 11.7. The van der Waals surface area contributed by atoms with Crippen LogP contribution in [0.2, 0.25) is 0 Å². The minimum absolute atomic E-state index is 0.0594. The third-order valence-corrected chi connectivity index (χ3v) is 5.44. The number of hydrogen-bond acceptors (Lipinski definition) is 2. The Morgan fingerprint density at radius 1 is 0.833 bits per heavy atom. The molecule has 2 aromatic rings. The second kappa shape index (κ2) is 9.19. The zero-order valence-electron chi connectivity index (χ0n) is 14.5. The molecule has 0 saturated heterocycles. The molecule has 0 heterocycles. The van der Waals surface area contributed by atoms with E-state index < -0.39 is 10.1 Å². The smallest absolute Gasteiger partial charge is 0.282 e. The average Bonchev–Trinajstić information content (AvgIpc) is 2.55. The molecule has 2 aromatic carbocycles. The maximum absolute atomic E-state index is 11.7. The monoisotopic (exact) mass is 348 g/mol. The predicted molar refractivity (Wildman–Crippen MR) is 100 cm³/mol. The Kier molecular flexibility index (Phi) is 7.25. The van der Waals surface area contributed by atoms with Crippen molar-refractivity contribution < 1.29 is 13.0 Å². The van der Waals surface area contributed by atoms with Crippen LogP contribution in [-0.2, 0) is 16.5 Å². The van der Waals surface area contributed by atoms with Gasteiger partial charge in [0.05, 0.1) is 4.90 Å². The van der Waals surface area contributed by atoms with Gasteiger partial charge in [-0.2, -0.15) is 8.42 Å². The minimum Gasteiger partial charge on any atom is -0.282 e. The average molecular weight is 349 g/mol. The Hall–Kier alpha value is -1.39. The van der Waals surface area contributed by atoms with Crippen molar-refractivity contribution in [2.24, 2.45) is 0 Å². The summed E-state index contributed by atoms with van der Waals surface area (Å²) in [5.74, 6) is 0. The fraction of sp³-hybridized carbons (Fsp3) is 0.500. The molecular weight excluding hydrogens is 320 g/mol. The number of rotatable bonds is 10. The molecule has 132 valence electrons. The van der Waals surface area contributed by atoms with E-state index in [0.717, 1.165) is 29.2 Å². The molecule has 0 aliphatic heterocycles. The molecule has 0 radical (unpaired) electrons. The summed E-state index contributed by atoms with van der Waals surface area (Å²) in [6.45, 7) is 2.22. The lowest BCUT2D eigenvalue weighted by atomic mass is 10.0. The largest absolute Gasteiger partial charge is 0.294 e. The first-order chi connectivity index (χ1) is 11.5. The number of fused-ring (bicyclic) bond motifs is 1. The molecule has 0 spiro atoms. The van der Waals surface area contributed by atoms with Gasteiger partial charge in [-0.25, -0.2) is 0 Å². The lowest BCUT2D eigenvalue weighted by Crippen LogP contribution is -2.03. The van der Waals surface area contributed by atoms with Gasteiger partial charge in [0.1, 0.15) is 0 Å². The third-order valence-electron chi connectivity index (χ3n) is 4.51. The molecule has 24 heavy (non-hydrogen) atoms. The van der Waals surface area contributed by atoms with Crippen molar-refractivity contribution in [3.63, 3.8) is 0 Å². The normalized spacial score (nSPS) is 11.9. The van der Waals surface area contributed by atoms with Gasteiger partial charge in [-0.3, -0.25) is 4.55 Å². The van der Waals surface area contributed by atoms with Crippen molar-refractivity contribution in [3.05, 3.63) is 42.0 Å². The number of benzene rings is 2. The number of hydrogen-bond donors (Lipinski definition) is 1. The van der Waals surface area contributed by atoms with Crippen LogP contribution < -0.4 is 0 Å². The van der Waals surface area contributed by atoms with Crippen molar-refractivity contribution in [2.75, 3.05) is 0 Å². The van der Waals surface area contributed by atoms with Gasteiger partial charge < -0.3 is 0 Å². The molecule has 0 atom stereocenters. The summed E-state index contributed by atoms with van der Waals surface area (Å²) in [7, 11) is -4.18. The van der Waals surface area contributed by atoms with Gasteiger partial charge in [-0.05, 0) is 41.3 Å². The molecule has 0 bridgehead atoms. The second-order valence-corrected chi connectivity index (χ2v) is 7.90. The van der Waals surface area contributed by atoms with Crippen LogP contribution in [0.5, 0.6) is 0 Å². The highest BCUT2D eigenvalue weighted by Crippen LogP contribution is 2.25. The summed E-state index contributed by atoms with van der Waals surface area (Å²) in [5.41, 5.74) is 0.724. The second-order valence-electron chi connectivity index (χ2n) is 6.51. The summed E-state index contributed by atoms with van der Waals surface area (Å²) >= 11 is 0. The molecule has 4 heteroatoms. The first kappa shape index (κ1) is 18.9. The maximum Gasteiger partial charge on any atom is 0.294 e. The fourth-order valence-corrected chi connectivity index (χ4v) is 3.92. The summed E-state index contributed by atoms with van der Waals surface area (Å²) in [6, 6.07) is 11.1. The highest BCUT2D eigenvalue weighted by atomic mass is 32.2. The quantitative estimate of drug-likeness (QED) is 0.438. The molecular formula is C20H28O3S. The van der Waals surface area contributed by atoms with E-state index in [0.29, 0.717) is 6.42 Å². The Morgan fingerprint density at radius 2 is 1.38 bits per heavy atom.